The van der Waals surface area contributed by atoms with Crippen molar-refractivity contribution in [1.82, 2.24) is 15.5 Å². The average Bonchev–Trinajstić information content (AvgIpc) is 2.95. The van der Waals surface area contributed by atoms with Crippen molar-refractivity contribution in [2.75, 3.05) is 18.1 Å². The van der Waals surface area contributed by atoms with Crippen LogP contribution in [-0.4, -0.2) is 44.9 Å². The number of H-pyrrole nitrogens is 1. The van der Waals surface area contributed by atoms with Crippen molar-refractivity contribution in [2.45, 2.75) is 45.1 Å². The average molecular weight is 297 g/mol. The van der Waals surface area contributed by atoms with Gasteiger partial charge in [0.15, 0.2) is 0 Å². The van der Waals surface area contributed by atoms with Gasteiger partial charge >= 0.3 is 0 Å². The van der Waals surface area contributed by atoms with E-state index in [9.17, 15) is 9.90 Å². The van der Waals surface area contributed by atoms with E-state index >= 15 is 0 Å². The molecular formula is C14H23N3O2S. The molecule has 1 aliphatic rings. The summed E-state index contributed by atoms with van der Waals surface area (Å²) in [4.78, 5) is 12.0. The summed E-state index contributed by atoms with van der Waals surface area (Å²) in [7, 11) is 0. The van der Waals surface area contributed by atoms with E-state index in [4.69, 9.17) is 0 Å². The molecule has 5 nitrogen and oxygen atoms in total. The van der Waals surface area contributed by atoms with Gasteiger partial charge in [-0.05, 0) is 37.5 Å². The number of hydrogen-bond acceptors (Lipinski definition) is 4. The normalized spacial score (nSPS) is 23.8. The third-order valence-corrected chi connectivity index (χ3v) is 5.10. The molecule has 2 rings (SSSR count). The van der Waals surface area contributed by atoms with Crippen LogP contribution in [0.4, 0.5) is 0 Å². The van der Waals surface area contributed by atoms with Crippen molar-refractivity contribution in [2.24, 2.45) is 0 Å². The van der Waals surface area contributed by atoms with Gasteiger partial charge in [0.2, 0.25) is 5.91 Å². The van der Waals surface area contributed by atoms with Gasteiger partial charge in [-0.1, -0.05) is 6.92 Å². The molecule has 1 aliphatic heterocycles. The molecule has 1 aromatic heterocycles. The Kier molecular flexibility index (Phi) is 4.75. The molecular weight excluding hydrogens is 274 g/mol. The molecule has 0 radical (unpaired) electrons. The lowest BCUT2D eigenvalue weighted by Gasteiger charge is -2.22. The fraction of sp³-hybridized carbons (Fsp3) is 0.714. The number of nitrogens with one attached hydrogen (secondary N) is 2. The molecule has 3 N–H and O–H groups in total. The van der Waals surface area contributed by atoms with Crippen LogP contribution in [0.25, 0.3) is 0 Å². The Hall–Kier alpha value is -1.01. The standard InChI is InChI=1S/C14H23N3O2S/c1-9(13-10(2)16-17-11(13)3)6-12(18)15-7-14(19)4-5-20-8-14/h9,19H,4-8H2,1-3H3,(H,15,18)(H,16,17). The maximum Gasteiger partial charge on any atom is 0.220 e. The molecule has 0 aromatic carbocycles. The molecule has 2 atom stereocenters. The Labute approximate surface area is 123 Å². The smallest absolute Gasteiger partial charge is 0.220 e. The molecule has 0 saturated carbocycles. The number of thioether (sulfide) groups is 1. The van der Waals surface area contributed by atoms with Crippen molar-refractivity contribution >= 4 is 17.7 Å². The summed E-state index contributed by atoms with van der Waals surface area (Å²) in [6.07, 6.45) is 1.18. The number of nitrogens with zero attached hydrogens (tertiary/aromatic N) is 1. The van der Waals surface area contributed by atoms with Crippen LogP contribution in [0.2, 0.25) is 0 Å². The summed E-state index contributed by atoms with van der Waals surface area (Å²) in [5.41, 5.74) is 2.38. The summed E-state index contributed by atoms with van der Waals surface area (Å²) in [5.74, 6) is 1.79. The SMILES string of the molecule is Cc1n[nH]c(C)c1C(C)CC(=O)NCC1(O)CCSC1. The Morgan fingerprint density at radius 1 is 1.60 bits per heavy atom. The molecule has 6 heteroatoms. The zero-order valence-electron chi connectivity index (χ0n) is 12.3. The highest BCUT2D eigenvalue weighted by Gasteiger charge is 2.32. The summed E-state index contributed by atoms with van der Waals surface area (Å²) < 4.78 is 0. The van der Waals surface area contributed by atoms with E-state index < -0.39 is 5.60 Å². The second-order valence-electron chi connectivity index (χ2n) is 5.76. The Balaban J connectivity index is 1.85. The number of amides is 1. The van der Waals surface area contributed by atoms with Crippen molar-refractivity contribution in [3.05, 3.63) is 17.0 Å². The molecule has 2 heterocycles. The fourth-order valence-electron chi connectivity index (χ4n) is 2.74. The third-order valence-electron chi connectivity index (χ3n) is 3.87. The van der Waals surface area contributed by atoms with E-state index in [0.717, 1.165) is 29.1 Å². The van der Waals surface area contributed by atoms with Crippen LogP contribution in [0.1, 0.15) is 42.6 Å². The predicted molar refractivity (Wildman–Crippen MR) is 81.0 cm³/mol. The molecule has 0 aliphatic carbocycles. The molecule has 0 spiro atoms. The van der Waals surface area contributed by atoms with Gasteiger partial charge in [-0.2, -0.15) is 16.9 Å². The number of rotatable bonds is 5. The third kappa shape index (κ3) is 3.55. The van der Waals surface area contributed by atoms with Crippen LogP contribution in [0.5, 0.6) is 0 Å². The van der Waals surface area contributed by atoms with Gasteiger partial charge < -0.3 is 10.4 Å². The van der Waals surface area contributed by atoms with Crippen LogP contribution in [0, 0.1) is 13.8 Å². The highest BCUT2D eigenvalue weighted by atomic mass is 32.2. The minimum absolute atomic E-state index is 0.0113. The van der Waals surface area contributed by atoms with Crippen molar-refractivity contribution in [1.29, 1.82) is 0 Å². The first-order valence-electron chi connectivity index (χ1n) is 6.99. The van der Waals surface area contributed by atoms with Crippen LogP contribution >= 0.6 is 11.8 Å². The molecule has 1 amide bonds. The monoisotopic (exact) mass is 297 g/mol. The van der Waals surface area contributed by atoms with E-state index in [0.29, 0.717) is 18.7 Å². The number of hydrogen-bond donors (Lipinski definition) is 3. The molecule has 2 unspecified atom stereocenters. The van der Waals surface area contributed by atoms with E-state index in [1.165, 1.54) is 0 Å². The van der Waals surface area contributed by atoms with Crippen LogP contribution in [0.3, 0.4) is 0 Å². The zero-order chi connectivity index (χ0) is 14.8. The van der Waals surface area contributed by atoms with Crippen LogP contribution in [-0.2, 0) is 4.79 Å². The van der Waals surface area contributed by atoms with E-state index in [1.807, 2.05) is 20.8 Å². The lowest BCUT2D eigenvalue weighted by Crippen LogP contribution is -2.43. The first-order chi connectivity index (χ1) is 9.41. The second-order valence-corrected chi connectivity index (χ2v) is 6.86. The Morgan fingerprint density at radius 2 is 2.35 bits per heavy atom. The number of aromatic amines is 1. The van der Waals surface area contributed by atoms with Crippen LogP contribution < -0.4 is 5.32 Å². The van der Waals surface area contributed by atoms with Crippen molar-refractivity contribution in [3.63, 3.8) is 0 Å². The van der Waals surface area contributed by atoms with E-state index in [1.54, 1.807) is 11.8 Å². The van der Waals surface area contributed by atoms with E-state index in [-0.39, 0.29) is 11.8 Å². The highest BCUT2D eigenvalue weighted by Crippen LogP contribution is 2.27. The molecule has 0 bridgehead atoms. The van der Waals surface area contributed by atoms with Gasteiger partial charge in [-0.3, -0.25) is 9.89 Å². The maximum absolute atomic E-state index is 12.0. The molecule has 1 saturated heterocycles. The minimum Gasteiger partial charge on any atom is -0.387 e. The number of carbonyl (C=O) groups excluding carboxylic acids is 1. The second kappa shape index (κ2) is 6.18. The number of aliphatic hydroxyl groups is 1. The van der Waals surface area contributed by atoms with Gasteiger partial charge in [0, 0.05) is 24.4 Å². The number of aryl methyl sites for hydroxylation is 2. The lowest BCUT2D eigenvalue weighted by molar-refractivity contribution is -0.122. The van der Waals surface area contributed by atoms with Gasteiger partial charge in [0.25, 0.3) is 0 Å². The summed E-state index contributed by atoms with van der Waals surface area (Å²) in [5, 5.41) is 20.2. The predicted octanol–water partition coefficient (Wildman–Crippen LogP) is 1.50. The molecule has 1 fully saturated rings. The largest absolute Gasteiger partial charge is 0.387 e. The number of carbonyl (C=O) groups is 1. The maximum atomic E-state index is 12.0. The zero-order valence-corrected chi connectivity index (χ0v) is 13.1. The van der Waals surface area contributed by atoms with Gasteiger partial charge in [-0.25, -0.2) is 0 Å². The number of aromatic nitrogens is 2. The van der Waals surface area contributed by atoms with Crippen molar-refractivity contribution < 1.29 is 9.90 Å². The quantitative estimate of drug-likeness (QED) is 0.770. The van der Waals surface area contributed by atoms with Crippen LogP contribution in [0.15, 0.2) is 0 Å². The summed E-state index contributed by atoms with van der Waals surface area (Å²) in [6, 6.07) is 0. The first-order valence-corrected chi connectivity index (χ1v) is 8.15. The fourth-order valence-corrected chi connectivity index (χ4v) is 4.03. The van der Waals surface area contributed by atoms with Gasteiger partial charge in [-0.15, -0.1) is 0 Å². The lowest BCUT2D eigenvalue weighted by atomic mass is 9.95. The first kappa shape index (κ1) is 15.4. The molecule has 112 valence electrons. The molecule has 20 heavy (non-hydrogen) atoms. The minimum atomic E-state index is -0.717. The Bertz CT molecular complexity index is 461. The Morgan fingerprint density at radius 3 is 2.90 bits per heavy atom. The van der Waals surface area contributed by atoms with Gasteiger partial charge in [0.05, 0.1) is 11.3 Å². The van der Waals surface area contributed by atoms with E-state index in [2.05, 4.69) is 15.5 Å². The molecule has 1 aromatic rings. The summed E-state index contributed by atoms with van der Waals surface area (Å²) >= 11 is 1.73. The topological polar surface area (TPSA) is 78.0 Å². The summed E-state index contributed by atoms with van der Waals surface area (Å²) in [6.45, 7) is 6.31. The highest BCUT2D eigenvalue weighted by molar-refractivity contribution is 7.99. The van der Waals surface area contributed by atoms with Crippen molar-refractivity contribution in [3.8, 4) is 0 Å². The van der Waals surface area contributed by atoms with Gasteiger partial charge in [0.1, 0.15) is 0 Å².